The predicted molar refractivity (Wildman–Crippen MR) is 69.6 cm³/mol. The van der Waals surface area contributed by atoms with Crippen molar-refractivity contribution < 1.29 is 9.90 Å². The molecular formula is C13H14BrNO2. The van der Waals surface area contributed by atoms with Gasteiger partial charge in [-0.05, 0) is 47.0 Å². The zero-order chi connectivity index (χ0) is 12.0. The minimum atomic E-state index is -0.877. The van der Waals surface area contributed by atoms with Gasteiger partial charge in [-0.25, -0.2) is 4.79 Å². The molecular weight excluding hydrogens is 282 g/mol. The second-order valence-electron chi connectivity index (χ2n) is 5.18. The van der Waals surface area contributed by atoms with Crippen LogP contribution in [0.4, 0.5) is 5.69 Å². The highest BCUT2D eigenvalue weighted by Gasteiger charge is 2.47. The number of hydrogen-bond acceptors (Lipinski definition) is 2. The molecule has 1 saturated heterocycles. The van der Waals surface area contributed by atoms with E-state index < -0.39 is 5.97 Å². The monoisotopic (exact) mass is 295 g/mol. The second kappa shape index (κ2) is 3.73. The van der Waals surface area contributed by atoms with Gasteiger partial charge in [-0.15, -0.1) is 0 Å². The highest BCUT2D eigenvalue weighted by Crippen LogP contribution is 2.49. The Bertz CT molecular complexity index is 474. The van der Waals surface area contributed by atoms with Gasteiger partial charge in [-0.1, -0.05) is 6.42 Å². The Labute approximate surface area is 109 Å². The van der Waals surface area contributed by atoms with Crippen molar-refractivity contribution in [3.63, 3.8) is 0 Å². The third-order valence-electron chi connectivity index (χ3n) is 4.01. The lowest BCUT2D eigenvalue weighted by Gasteiger charge is -2.57. The fourth-order valence-electron chi connectivity index (χ4n) is 2.81. The predicted octanol–water partition coefficient (Wildman–Crippen LogP) is 3.14. The van der Waals surface area contributed by atoms with Crippen LogP contribution in [0.5, 0.6) is 0 Å². The fraction of sp³-hybridized carbons (Fsp3) is 0.462. The Hall–Kier alpha value is -1.03. The summed E-state index contributed by atoms with van der Waals surface area (Å²) in [5.74, 6) is -0.877. The van der Waals surface area contributed by atoms with Crippen molar-refractivity contribution >= 4 is 27.6 Å². The topological polar surface area (TPSA) is 40.5 Å². The van der Waals surface area contributed by atoms with Crippen molar-refractivity contribution in [3.8, 4) is 0 Å². The van der Waals surface area contributed by atoms with Crippen molar-refractivity contribution in [1.82, 2.24) is 0 Å². The molecule has 2 fully saturated rings. The molecule has 1 aromatic rings. The fourth-order valence-corrected chi connectivity index (χ4v) is 3.23. The van der Waals surface area contributed by atoms with Crippen LogP contribution in [0, 0.1) is 5.41 Å². The second-order valence-corrected chi connectivity index (χ2v) is 6.03. The van der Waals surface area contributed by atoms with Gasteiger partial charge in [-0.2, -0.15) is 0 Å². The quantitative estimate of drug-likeness (QED) is 0.911. The summed E-state index contributed by atoms with van der Waals surface area (Å²) in [4.78, 5) is 13.3. The Kier molecular flexibility index (Phi) is 2.43. The molecule has 0 bridgehead atoms. The average molecular weight is 296 g/mol. The Morgan fingerprint density at radius 3 is 2.59 bits per heavy atom. The third-order valence-corrected chi connectivity index (χ3v) is 4.70. The van der Waals surface area contributed by atoms with E-state index in [0.29, 0.717) is 15.5 Å². The molecule has 1 aliphatic carbocycles. The molecule has 4 heteroatoms. The van der Waals surface area contributed by atoms with Gasteiger partial charge in [0.05, 0.1) is 5.56 Å². The SMILES string of the molecule is O=C(O)c1cc(N2CC3(CCC3)C2)ccc1Br. The number of hydrogen-bond donors (Lipinski definition) is 1. The maximum Gasteiger partial charge on any atom is 0.336 e. The van der Waals surface area contributed by atoms with Gasteiger partial charge < -0.3 is 10.0 Å². The largest absolute Gasteiger partial charge is 0.478 e. The van der Waals surface area contributed by atoms with E-state index >= 15 is 0 Å². The van der Waals surface area contributed by atoms with E-state index in [1.165, 1.54) is 19.3 Å². The molecule has 2 aliphatic rings. The standard InChI is InChI=1S/C13H14BrNO2/c14-11-3-2-9(6-10(11)12(16)17)15-7-13(8-15)4-1-5-13/h2-3,6H,1,4-5,7-8H2,(H,16,17). The number of rotatable bonds is 2. The van der Waals surface area contributed by atoms with Crippen LogP contribution in [0.1, 0.15) is 29.6 Å². The molecule has 1 aliphatic heterocycles. The zero-order valence-corrected chi connectivity index (χ0v) is 11.0. The van der Waals surface area contributed by atoms with Crippen molar-refractivity contribution in [2.75, 3.05) is 18.0 Å². The Morgan fingerprint density at radius 2 is 2.06 bits per heavy atom. The molecule has 0 atom stereocenters. The maximum absolute atomic E-state index is 11.0. The lowest BCUT2D eigenvalue weighted by molar-refractivity contribution is 0.0695. The molecule has 0 radical (unpaired) electrons. The van der Waals surface area contributed by atoms with Crippen molar-refractivity contribution in [2.24, 2.45) is 5.41 Å². The molecule has 17 heavy (non-hydrogen) atoms. The number of carbonyl (C=O) groups is 1. The van der Waals surface area contributed by atoms with Gasteiger partial charge in [0, 0.05) is 28.7 Å². The van der Waals surface area contributed by atoms with Crippen LogP contribution in [0.15, 0.2) is 22.7 Å². The number of carboxylic acid groups (broad SMARTS) is 1. The smallest absolute Gasteiger partial charge is 0.336 e. The normalized spacial score (nSPS) is 20.9. The first-order valence-corrected chi connectivity index (χ1v) is 6.67. The minimum absolute atomic E-state index is 0.344. The minimum Gasteiger partial charge on any atom is -0.478 e. The van der Waals surface area contributed by atoms with Crippen LogP contribution >= 0.6 is 15.9 Å². The molecule has 1 heterocycles. The summed E-state index contributed by atoms with van der Waals surface area (Å²) in [6, 6.07) is 5.57. The van der Waals surface area contributed by atoms with Crippen LogP contribution in [0.2, 0.25) is 0 Å². The Morgan fingerprint density at radius 1 is 1.35 bits per heavy atom. The number of halogens is 1. The molecule has 1 spiro atoms. The van der Waals surface area contributed by atoms with Crippen LogP contribution in [0.25, 0.3) is 0 Å². The highest BCUT2D eigenvalue weighted by atomic mass is 79.9. The van der Waals surface area contributed by atoms with Crippen molar-refractivity contribution in [1.29, 1.82) is 0 Å². The van der Waals surface area contributed by atoms with Gasteiger partial charge in [0.25, 0.3) is 0 Å². The molecule has 90 valence electrons. The molecule has 3 nitrogen and oxygen atoms in total. The number of nitrogens with zero attached hydrogens (tertiary/aromatic N) is 1. The van der Waals surface area contributed by atoms with Crippen molar-refractivity contribution in [2.45, 2.75) is 19.3 Å². The van der Waals surface area contributed by atoms with Gasteiger partial charge in [-0.3, -0.25) is 0 Å². The molecule has 0 amide bonds. The lowest BCUT2D eigenvalue weighted by Crippen LogP contribution is -2.59. The van der Waals surface area contributed by atoms with Crippen LogP contribution in [0.3, 0.4) is 0 Å². The van der Waals surface area contributed by atoms with E-state index in [9.17, 15) is 4.79 Å². The first-order chi connectivity index (χ1) is 8.10. The van der Waals surface area contributed by atoms with Crippen LogP contribution in [-0.2, 0) is 0 Å². The van der Waals surface area contributed by atoms with E-state index in [-0.39, 0.29) is 0 Å². The van der Waals surface area contributed by atoms with E-state index in [1.807, 2.05) is 12.1 Å². The number of aromatic carboxylic acids is 1. The first kappa shape index (κ1) is 11.1. The number of carboxylic acids is 1. The van der Waals surface area contributed by atoms with E-state index in [2.05, 4.69) is 20.8 Å². The van der Waals surface area contributed by atoms with Crippen molar-refractivity contribution in [3.05, 3.63) is 28.2 Å². The summed E-state index contributed by atoms with van der Waals surface area (Å²) >= 11 is 3.27. The molecule has 1 saturated carbocycles. The maximum atomic E-state index is 11.0. The van der Waals surface area contributed by atoms with Gasteiger partial charge in [0.15, 0.2) is 0 Å². The summed E-state index contributed by atoms with van der Waals surface area (Å²) in [5, 5.41) is 9.07. The summed E-state index contributed by atoms with van der Waals surface area (Å²) in [7, 11) is 0. The van der Waals surface area contributed by atoms with Gasteiger partial charge >= 0.3 is 5.97 Å². The van der Waals surface area contributed by atoms with Crippen LogP contribution < -0.4 is 4.90 Å². The summed E-state index contributed by atoms with van der Waals surface area (Å²) < 4.78 is 0.646. The van der Waals surface area contributed by atoms with E-state index in [4.69, 9.17) is 5.11 Å². The lowest BCUT2D eigenvalue weighted by atomic mass is 9.63. The molecule has 1 aromatic carbocycles. The number of benzene rings is 1. The molecule has 0 aromatic heterocycles. The zero-order valence-electron chi connectivity index (χ0n) is 9.45. The van der Waals surface area contributed by atoms with E-state index in [1.54, 1.807) is 6.07 Å². The summed E-state index contributed by atoms with van der Waals surface area (Å²) in [6.45, 7) is 2.18. The molecule has 1 N–H and O–H groups in total. The molecule has 0 unspecified atom stereocenters. The van der Waals surface area contributed by atoms with E-state index in [0.717, 1.165) is 18.8 Å². The highest BCUT2D eigenvalue weighted by molar-refractivity contribution is 9.10. The summed E-state index contributed by atoms with van der Waals surface area (Å²) in [5.41, 5.74) is 1.94. The van der Waals surface area contributed by atoms with Gasteiger partial charge in [0.2, 0.25) is 0 Å². The number of anilines is 1. The average Bonchev–Trinajstić information content (AvgIpc) is 2.15. The van der Waals surface area contributed by atoms with Crippen LogP contribution in [-0.4, -0.2) is 24.2 Å². The first-order valence-electron chi connectivity index (χ1n) is 5.88. The van der Waals surface area contributed by atoms with Gasteiger partial charge in [0.1, 0.15) is 0 Å². The Balaban J connectivity index is 1.80. The summed E-state index contributed by atoms with van der Waals surface area (Å²) in [6.07, 6.45) is 4.03. The molecule has 3 rings (SSSR count). The third kappa shape index (κ3) is 1.75.